The van der Waals surface area contributed by atoms with Crippen LogP contribution in [0.3, 0.4) is 0 Å². The van der Waals surface area contributed by atoms with Crippen molar-refractivity contribution in [2.45, 2.75) is 32.8 Å². The van der Waals surface area contributed by atoms with Gasteiger partial charge in [0.1, 0.15) is 18.5 Å². The van der Waals surface area contributed by atoms with E-state index in [1.807, 2.05) is 38.1 Å². The number of anilines is 1. The summed E-state index contributed by atoms with van der Waals surface area (Å²) in [4.78, 5) is 23.2. The summed E-state index contributed by atoms with van der Waals surface area (Å²) in [7, 11) is 0. The lowest BCUT2D eigenvalue weighted by molar-refractivity contribution is -0.131. The van der Waals surface area contributed by atoms with Gasteiger partial charge in [0, 0.05) is 11.8 Å². The Morgan fingerprint density at radius 3 is 2.39 bits per heavy atom. The van der Waals surface area contributed by atoms with Gasteiger partial charge in [-0.2, -0.15) is 0 Å². The van der Waals surface area contributed by atoms with Gasteiger partial charge in [0.25, 0.3) is 0 Å². The molecule has 7 nitrogen and oxygen atoms in total. The number of aliphatic hydroxyl groups is 1. The minimum absolute atomic E-state index is 0.0635. The third kappa shape index (κ3) is 8.52. The first kappa shape index (κ1) is 24.0. The zero-order chi connectivity index (χ0) is 22.6. The number of allylic oxidation sites excluding steroid dienone is 1. The van der Waals surface area contributed by atoms with Gasteiger partial charge < -0.3 is 19.7 Å². The molecular formula is C24H29NO6. The molecule has 7 heteroatoms. The van der Waals surface area contributed by atoms with E-state index in [4.69, 9.17) is 19.7 Å². The lowest BCUT2D eigenvalue weighted by Gasteiger charge is -2.25. The standard InChI is InChI=1S/C24H29NO6/c1-17-7-11-20(12-8-17)25-24(29)31-23(18(2)5-3-4-6-22(27)28)19-9-13-21(14-10-19)30-16-15-26/h4,6-14,18,23,26H,3,5,15-16H2,1-2H3,(H,25,29)(H,27,28)/b6-4+/t18-,23-/m0/s1. The highest BCUT2D eigenvalue weighted by atomic mass is 16.6. The van der Waals surface area contributed by atoms with Crippen molar-refractivity contribution in [2.75, 3.05) is 18.5 Å². The Kier molecular flexibility index (Phi) is 9.58. The Hall–Kier alpha value is -3.32. The molecule has 0 aliphatic heterocycles. The van der Waals surface area contributed by atoms with Gasteiger partial charge in [-0.15, -0.1) is 0 Å². The molecule has 0 aliphatic rings. The van der Waals surface area contributed by atoms with Crippen LogP contribution >= 0.6 is 0 Å². The molecule has 2 aromatic carbocycles. The summed E-state index contributed by atoms with van der Waals surface area (Å²) in [6.45, 7) is 4.04. The van der Waals surface area contributed by atoms with E-state index in [9.17, 15) is 9.59 Å². The molecule has 2 rings (SSSR count). The van der Waals surface area contributed by atoms with E-state index < -0.39 is 18.2 Å². The lowest BCUT2D eigenvalue weighted by Crippen LogP contribution is -2.22. The fourth-order valence-corrected chi connectivity index (χ4v) is 3.02. The van der Waals surface area contributed by atoms with E-state index in [-0.39, 0.29) is 19.1 Å². The molecule has 0 aromatic heterocycles. The number of hydrogen-bond donors (Lipinski definition) is 3. The van der Waals surface area contributed by atoms with E-state index >= 15 is 0 Å². The minimum Gasteiger partial charge on any atom is -0.491 e. The summed E-state index contributed by atoms with van der Waals surface area (Å²) < 4.78 is 11.1. The first-order chi connectivity index (χ1) is 14.9. The third-order valence-corrected chi connectivity index (χ3v) is 4.67. The monoisotopic (exact) mass is 427 g/mol. The van der Waals surface area contributed by atoms with Crippen LogP contribution in [-0.2, 0) is 9.53 Å². The van der Waals surface area contributed by atoms with Crippen LogP contribution < -0.4 is 10.1 Å². The molecule has 0 saturated carbocycles. The van der Waals surface area contributed by atoms with Gasteiger partial charge in [-0.25, -0.2) is 9.59 Å². The maximum atomic E-state index is 12.5. The number of carbonyl (C=O) groups is 2. The number of hydrogen-bond acceptors (Lipinski definition) is 5. The zero-order valence-corrected chi connectivity index (χ0v) is 17.8. The van der Waals surface area contributed by atoms with Gasteiger partial charge in [-0.05, 0) is 55.5 Å². The van der Waals surface area contributed by atoms with E-state index in [1.54, 1.807) is 30.3 Å². The Morgan fingerprint density at radius 1 is 1.10 bits per heavy atom. The van der Waals surface area contributed by atoms with Gasteiger partial charge in [0.15, 0.2) is 0 Å². The number of carboxylic acid groups (broad SMARTS) is 1. The van der Waals surface area contributed by atoms with Crippen LogP contribution in [-0.4, -0.2) is 35.5 Å². The van der Waals surface area contributed by atoms with Crippen molar-refractivity contribution in [3.63, 3.8) is 0 Å². The van der Waals surface area contributed by atoms with Crippen molar-refractivity contribution < 1.29 is 29.3 Å². The second-order valence-electron chi connectivity index (χ2n) is 7.25. The smallest absolute Gasteiger partial charge is 0.412 e. The van der Waals surface area contributed by atoms with Crippen LogP contribution in [0.5, 0.6) is 5.75 Å². The Bertz CT molecular complexity index is 861. The summed E-state index contributed by atoms with van der Waals surface area (Å²) in [5, 5.41) is 20.4. The number of aliphatic carboxylic acids is 1. The van der Waals surface area contributed by atoms with Crippen molar-refractivity contribution in [1.29, 1.82) is 0 Å². The topological polar surface area (TPSA) is 105 Å². The maximum absolute atomic E-state index is 12.5. The third-order valence-electron chi connectivity index (χ3n) is 4.67. The number of amides is 1. The summed E-state index contributed by atoms with van der Waals surface area (Å²) in [5.41, 5.74) is 2.52. The SMILES string of the molecule is Cc1ccc(NC(=O)O[C@H](c2ccc(OCCO)cc2)[C@@H](C)CC/C=C/C(=O)O)cc1. The highest BCUT2D eigenvalue weighted by molar-refractivity contribution is 5.84. The van der Waals surface area contributed by atoms with Crippen molar-refractivity contribution in [3.05, 3.63) is 71.8 Å². The van der Waals surface area contributed by atoms with E-state index in [0.29, 0.717) is 24.3 Å². The number of nitrogens with one attached hydrogen (secondary N) is 1. The molecule has 0 bridgehead atoms. The lowest BCUT2D eigenvalue weighted by atomic mass is 9.93. The van der Waals surface area contributed by atoms with Crippen LogP contribution in [0.25, 0.3) is 0 Å². The highest BCUT2D eigenvalue weighted by Crippen LogP contribution is 2.31. The average Bonchev–Trinajstić information content (AvgIpc) is 2.75. The highest BCUT2D eigenvalue weighted by Gasteiger charge is 2.23. The van der Waals surface area contributed by atoms with Crippen LogP contribution in [0.4, 0.5) is 10.5 Å². The normalized spacial score (nSPS) is 12.9. The van der Waals surface area contributed by atoms with Crippen LogP contribution in [0.15, 0.2) is 60.7 Å². The molecule has 31 heavy (non-hydrogen) atoms. The van der Waals surface area contributed by atoms with E-state index in [1.165, 1.54) is 0 Å². The number of ether oxygens (including phenoxy) is 2. The number of benzene rings is 2. The van der Waals surface area contributed by atoms with Crippen LogP contribution in [0.2, 0.25) is 0 Å². The molecule has 0 radical (unpaired) electrons. The zero-order valence-electron chi connectivity index (χ0n) is 17.8. The molecule has 2 atom stereocenters. The molecule has 0 fully saturated rings. The molecule has 0 unspecified atom stereocenters. The molecule has 2 aromatic rings. The van der Waals surface area contributed by atoms with E-state index in [0.717, 1.165) is 17.2 Å². The van der Waals surface area contributed by atoms with Crippen LogP contribution in [0.1, 0.15) is 37.0 Å². The summed E-state index contributed by atoms with van der Waals surface area (Å²) in [6.07, 6.45) is 2.78. The number of carbonyl (C=O) groups excluding carboxylic acids is 1. The molecule has 3 N–H and O–H groups in total. The van der Waals surface area contributed by atoms with Gasteiger partial charge in [0.2, 0.25) is 0 Å². The largest absolute Gasteiger partial charge is 0.491 e. The molecule has 1 amide bonds. The Morgan fingerprint density at radius 2 is 1.77 bits per heavy atom. The summed E-state index contributed by atoms with van der Waals surface area (Å²) in [6, 6.07) is 14.6. The van der Waals surface area contributed by atoms with Crippen molar-refractivity contribution in [1.82, 2.24) is 0 Å². The second kappa shape index (κ2) is 12.4. The van der Waals surface area contributed by atoms with Crippen molar-refractivity contribution in [3.8, 4) is 5.75 Å². The fourth-order valence-electron chi connectivity index (χ4n) is 3.02. The van der Waals surface area contributed by atoms with Gasteiger partial charge in [-0.3, -0.25) is 5.32 Å². The Balaban J connectivity index is 2.11. The van der Waals surface area contributed by atoms with Gasteiger partial charge in [-0.1, -0.05) is 42.8 Å². The molecule has 166 valence electrons. The predicted molar refractivity (Wildman–Crippen MR) is 118 cm³/mol. The summed E-state index contributed by atoms with van der Waals surface area (Å²) >= 11 is 0. The Labute approximate surface area is 182 Å². The van der Waals surface area contributed by atoms with E-state index in [2.05, 4.69) is 5.32 Å². The number of aliphatic hydroxyl groups excluding tert-OH is 1. The quantitative estimate of drug-likeness (QED) is 0.449. The molecular weight excluding hydrogens is 398 g/mol. The molecule has 0 heterocycles. The number of rotatable bonds is 11. The number of aryl methyl sites for hydroxylation is 1. The molecule has 0 aliphatic carbocycles. The maximum Gasteiger partial charge on any atom is 0.412 e. The molecule has 0 saturated heterocycles. The first-order valence-electron chi connectivity index (χ1n) is 10.2. The number of carboxylic acids is 1. The predicted octanol–water partition coefficient (Wildman–Crippen LogP) is 4.71. The van der Waals surface area contributed by atoms with Crippen LogP contribution in [0, 0.1) is 12.8 Å². The van der Waals surface area contributed by atoms with Gasteiger partial charge >= 0.3 is 12.1 Å². The first-order valence-corrected chi connectivity index (χ1v) is 10.2. The van der Waals surface area contributed by atoms with Gasteiger partial charge in [0.05, 0.1) is 6.61 Å². The van der Waals surface area contributed by atoms with Crippen molar-refractivity contribution >= 4 is 17.7 Å². The van der Waals surface area contributed by atoms with Crippen molar-refractivity contribution in [2.24, 2.45) is 5.92 Å². The fraction of sp³-hybridized carbons (Fsp3) is 0.333. The minimum atomic E-state index is -0.989. The average molecular weight is 427 g/mol. The molecule has 0 spiro atoms. The summed E-state index contributed by atoms with van der Waals surface area (Å²) in [5.74, 6) is -0.444. The second-order valence-corrected chi connectivity index (χ2v) is 7.25.